The van der Waals surface area contributed by atoms with E-state index in [0.29, 0.717) is 12.8 Å². The molecular formula is C71H133NO13. The zero-order valence-corrected chi connectivity index (χ0v) is 54.4. The standard InChI is InChI=1S/C71H133NO13/c1-3-5-7-9-11-13-15-17-19-21-23-25-26-27-28-29-30-31-32-33-34-35-36-38-40-42-44-46-48-50-52-54-60(75)59(72-63(76)55-53-51-49-47-45-43-41-39-37-24-22-20-18-16-14-12-10-8-6-4-2)58-82-70-68(81)66(79)69(62(57-74)84-70)85-71-67(80)65(78)64(77)61(56-73)83-71/h36,38,44,46,52,54,59-62,64-71,73-75,77-81H,3-35,37,39-43,45,47-51,53,55-58H2,1-2H3,(H,72,76)/b38-36+,46-44+,54-52+. The Morgan fingerprint density at radius 1 is 0.412 bits per heavy atom. The number of carbonyl (C=O) groups is 1. The van der Waals surface area contributed by atoms with Crippen LogP contribution in [0.5, 0.6) is 0 Å². The Bertz CT molecular complexity index is 1560. The summed E-state index contributed by atoms with van der Waals surface area (Å²) in [5.41, 5.74) is 0. The topological polar surface area (TPSA) is 228 Å². The molecule has 500 valence electrons. The third-order valence-corrected chi connectivity index (χ3v) is 17.6. The van der Waals surface area contributed by atoms with Crippen LogP contribution in [0.15, 0.2) is 36.5 Å². The molecule has 0 aromatic rings. The number of ether oxygens (including phenoxy) is 4. The van der Waals surface area contributed by atoms with Crippen LogP contribution in [0.25, 0.3) is 0 Å². The Morgan fingerprint density at radius 3 is 1.15 bits per heavy atom. The molecule has 0 saturated carbocycles. The lowest BCUT2D eigenvalue weighted by molar-refractivity contribution is -0.359. The van der Waals surface area contributed by atoms with Gasteiger partial charge in [-0.15, -0.1) is 0 Å². The number of allylic oxidation sites excluding steroid dienone is 5. The predicted octanol–water partition coefficient (Wildman–Crippen LogP) is 14.5. The highest BCUT2D eigenvalue weighted by Gasteiger charge is 2.51. The van der Waals surface area contributed by atoms with E-state index in [1.54, 1.807) is 6.08 Å². The Morgan fingerprint density at radius 2 is 0.753 bits per heavy atom. The summed E-state index contributed by atoms with van der Waals surface area (Å²) in [7, 11) is 0. The van der Waals surface area contributed by atoms with Crippen molar-refractivity contribution in [1.82, 2.24) is 5.32 Å². The average Bonchev–Trinajstić information content (AvgIpc) is 3.69. The van der Waals surface area contributed by atoms with Gasteiger partial charge in [-0.3, -0.25) is 4.79 Å². The van der Waals surface area contributed by atoms with Gasteiger partial charge < -0.3 is 65.1 Å². The van der Waals surface area contributed by atoms with Crippen molar-refractivity contribution < 1.29 is 64.6 Å². The second kappa shape index (κ2) is 56.2. The molecule has 2 aliphatic heterocycles. The van der Waals surface area contributed by atoms with E-state index in [-0.39, 0.29) is 18.9 Å². The van der Waals surface area contributed by atoms with Crippen LogP contribution in [0.1, 0.15) is 316 Å². The Labute approximate surface area is 519 Å². The highest BCUT2D eigenvalue weighted by atomic mass is 16.7. The fourth-order valence-corrected chi connectivity index (χ4v) is 11.9. The second-order valence-electron chi connectivity index (χ2n) is 25.4. The number of aliphatic hydroxyl groups is 8. The molecule has 12 atom stereocenters. The lowest BCUT2D eigenvalue weighted by Crippen LogP contribution is -2.65. The molecule has 14 nitrogen and oxygen atoms in total. The fraction of sp³-hybridized carbons (Fsp3) is 0.901. The molecule has 2 aliphatic rings. The summed E-state index contributed by atoms with van der Waals surface area (Å²) in [6, 6.07) is -0.937. The fourth-order valence-electron chi connectivity index (χ4n) is 11.9. The van der Waals surface area contributed by atoms with E-state index in [9.17, 15) is 45.6 Å². The first-order valence-electron chi connectivity index (χ1n) is 35.7. The van der Waals surface area contributed by atoms with Crippen molar-refractivity contribution in [1.29, 1.82) is 0 Å². The van der Waals surface area contributed by atoms with Crippen LogP contribution >= 0.6 is 0 Å². The molecule has 9 N–H and O–H groups in total. The smallest absolute Gasteiger partial charge is 0.220 e. The molecule has 0 aromatic heterocycles. The van der Waals surface area contributed by atoms with Crippen molar-refractivity contribution in [3.63, 3.8) is 0 Å². The maximum atomic E-state index is 13.3. The van der Waals surface area contributed by atoms with E-state index in [1.807, 2.05) is 6.08 Å². The minimum absolute atomic E-state index is 0.247. The molecule has 2 rings (SSSR count). The maximum absolute atomic E-state index is 13.3. The molecule has 0 aliphatic carbocycles. The molecule has 12 unspecified atom stereocenters. The van der Waals surface area contributed by atoms with Gasteiger partial charge in [-0.1, -0.05) is 301 Å². The van der Waals surface area contributed by atoms with Gasteiger partial charge in [0.1, 0.15) is 48.8 Å². The van der Waals surface area contributed by atoms with Crippen molar-refractivity contribution in [2.75, 3.05) is 19.8 Å². The predicted molar refractivity (Wildman–Crippen MR) is 346 cm³/mol. The van der Waals surface area contributed by atoms with Crippen LogP contribution in [0.4, 0.5) is 0 Å². The lowest BCUT2D eigenvalue weighted by Gasteiger charge is -2.46. The van der Waals surface area contributed by atoms with Gasteiger partial charge in [0.25, 0.3) is 0 Å². The molecule has 0 radical (unpaired) electrons. The van der Waals surface area contributed by atoms with Gasteiger partial charge >= 0.3 is 0 Å². The van der Waals surface area contributed by atoms with Gasteiger partial charge in [-0.25, -0.2) is 0 Å². The van der Waals surface area contributed by atoms with E-state index in [0.717, 1.165) is 44.9 Å². The van der Waals surface area contributed by atoms with Gasteiger partial charge in [0.05, 0.1) is 32.0 Å². The molecule has 2 fully saturated rings. The maximum Gasteiger partial charge on any atom is 0.220 e. The molecule has 14 heteroatoms. The second-order valence-corrected chi connectivity index (χ2v) is 25.4. The van der Waals surface area contributed by atoms with Crippen LogP contribution in [-0.4, -0.2) is 140 Å². The molecule has 85 heavy (non-hydrogen) atoms. The summed E-state index contributed by atoms with van der Waals surface area (Å²) < 4.78 is 22.8. The molecule has 2 heterocycles. The van der Waals surface area contributed by atoms with Crippen molar-refractivity contribution >= 4 is 5.91 Å². The number of amides is 1. The molecular weight excluding hydrogens is 1070 g/mol. The van der Waals surface area contributed by atoms with Gasteiger partial charge in [0.2, 0.25) is 5.91 Å². The Balaban J connectivity index is 1.69. The Kier molecular flexibility index (Phi) is 52.4. The molecule has 2 saturated heterocycles. The van der Waals surface area contributed by atoms with E-state index < -0.39 is 86.8 Å². The summed E-state index contributed by atoms with van der Waals surface area (Å²) in [5, 5.41) is 87.4. The van der Waals surface area contributed by atoms with E-state index in [4.69, 9.17) is 18.9 Å². The third-order valence-electron chi connectivity index (χ3n) is 17.6. The molecule has 0 bridgehead atoms. The first-order valence-corrected chi connectivity index (χ1v) is 35.7. The van der Waals surface area contributed by atoms with Crippen molar-refractivity contribution in [3.8, 4) is 0 Å². The van der Waals surface area contributed by atoms with Gasteiger partial charge in [0.15, 0.2) is 12.6 Å². The summed E-state index contributed by atoms with van der Waals surface area (Å²) in [5.74, 6) is -0.247. The molecule has 1 amide bonds. The summed E-state index contributed by atoms with van der Waals surface area (Å²) in [4.78, 5) is 13.3. The van der Waals surface area contributed by atoms with Crippen LogP contribution < -0.4 is 5.32 Å². The number of rotatable bonds is 59. The zero-order chi connectivity index (χ0) is 61.6. The van der Waals surface area contributed by atoms with Crippen LogP contribution in [0, 0.1) is 0 Å². The van der Waals surface area contributed by atoms with Gasteiger partial charge in [-0.2, -0.15) is 0 Å². The van der Waals surface area contributed by atoms with Crippen LogP contribution in [-0.2, 0) is 23.7 Å². The van der Waals surface area contributed by atoms with Crippen molar-refractivity contribution in [2.45, 2.75) is 389 Å². The third kappa shape index (κ3) is 40.5. The molecule has 0 aromatic carbocycles. The van der Waals surface area contributed by atoms with E-state index in [1.165, 1.54) is 238 Å². The Hall–Kier alpha value is -1.79. The highest BCUT2D eigenvalue weighted by molar-refractivity contribution is 5.76. The van der Waals surface area contributed by atoms with E-state index in [2.05, 4.69) is 43.5 Å². The van der Waals surface area contributed by atoms with Crippen LogP contribution in [0.3, 0.4) is 0 Å². The monoisotopic (exact) mass is 1210 g/mol. The first kappa shape index (κ1) is 79.3. The van der Waals surface area contributed by atoms with E-state index >= 15 is 0 Å². The minimum atomic E-state index is -1.79. The average molecular weight is 1210 g/mol. The summed E-state index contributed by atoms with van der Waals surface area (Å²) >= 11 is 0. The zero-order valence-electron chi connectivity index (χ0n) is 54.4. The number of nitrogens with one attached hydrogen (secondary N) is 1. The number of unbranched alkanes of at least 4 members (excludes halogenated alkanes) is 42. The highest BCUT2D eigenvalue weighted by Crippen LogP contribution is 2.30. The summed E-state index contributed by atoms with van der Waals surface area (Å²) in [6.07, 6.45) is 55.0. The van der Waals surface area contributed by atoms with Crippen molar-refractivity contribution in [2.24, 2.45) is 0 Å². The van der Waals surface area contributed by atoms with Gasteiger partial charge in [0, 0.05) is 6.42 Å². The number of carbonyl (C=O) groups excluding carboxylic acids is 1. The SMILES string of the molecule is CCCCCCCCCCCCCCCCCCCCCCC/C=C/CC/C=C/CC/C=C/C(O)C(COC1OC(CO)C(OC2OC(CO)C(O)C(O)C2O)C(O)C1O)NC(=O)CCCCCCCCCCCCCCCCCCCCCC. The number of hydrogen-bond acceptors (Lipinski definition) is 13. The molecule has 0 spiro atoms. The van der Waals surface area contributed by atoms with Crippen LogP contribution in [0.2, 0.25) is 0 Å². The summed E-state index contributed by atoms with van der Waals surface area (Å²) in [6.45, 7) is 2.82. The van der Waals surface area contributed by atoms with Gasteiger partial charge in [-0.05, 0) is 44.9 Å². The van der Waals surface area contributed by atoms with Crippen molar-refractivity contribution in [3.05, 3.63) is 36.5 Å². The number of aliphatic hydroxyl groups excluding tert-OH is 8. The number of hydrogen-bond donors (Lipinski definition) is 9. The lowest BCUT2D eigenvalue weighted by atomic mass is 9.97. The minimum Gasteiger partial charge on any atom is -0.394 e. The normalized spacial score (nSPS) is 23.7. The largest absolute Gasteiger partial charge is 0.394 e. The first-order chi connectivity index (χ1) is 41.6. The quantitative estimate of drug-likeness (QED) is 0.0204.